The first-order valence-electron chi connectivity index (χ1n) is 10.0. The Morgan fingerprint density at radius 1 is 0.909 bits per heavy atom. The number of rotatable bonds is 5. The van der Waals surface area contributed by atoms with Crippen LogP contribution in [0.3, 0.4) is 0 Å². The quantitative estimate of drug-likeness (QED) is 0.285. The lowest BCUT2D eigenvalue weighted by molar-refractivity contribution is 0.0955. The monoisotopic (exact) mass is 453 g/mol. The summed E-state index contributed by atoms with van der Waals surface area (Å²) in [4.78, 5) is 16.6. The van der Waals surface area contributed by atoms with Gasteiger partial charge in [-0.2, -0.15) is 5.10 Å². The molecule has 7 nitrogen and oxygen atoms in total. The van der Waals surface area contributed by atoms with Gasteiger partial charge in [-0.15, -0.1) is 10.2 Å². The molecule has 5 rings (SSSR count). The van der Waals surface area contributed by atoms with Crippen LogP contribution in [0, 0.1) is 0 Å². The highest BCUT2D eigenvalue weighted by atomic mass is 35.5. The van der Waals surface area contributed by atoms with Crippen LogP contribution in [-0.2, 0) is 0 Å². The molecule has 0 unspecified atom stereocenters. The van der Waals surface area contributed by atoms with Gasteiger partial charge in [0, 0.05) is 33.3 Å². The van der Waals surface area contributed by atoms with Crippen molar-refractivity contribution in [1.82, 2.24) is 20.6 Å². The molecule has 0 aliphatic rings. The molecule has 0 saturated carbocycles. The van der Waals surface area contributed by atoms with Gasteiger partial charge in [0.05, 0.1) is 11.7 Å². The minimum absolute atomic E-state index is 0.331. The number of carbonyl (C=O) groups is 1. The van der Waals surface area contributed by atoms with Crippen molar-refractivity contribution in [3.8, 4) is 22.9 Å². The molecule has 33 heavy (non-hydrogen) atoms. The van der Waals surface area contributed by atoms with Gasteiger partial charge in [-0.1, -0.05) is 29.8 Å². The molecule has 160 valence electrons. The molecule has 0 saturated heterocycles. The molecule has 1 amide bonds. The molecule has 0 aliphatic carbocycles. The second kappa shape index (κ2) is 9.02. The number of hydrogen-bond donors (Lipinski definition) is 1. The van der Waals surface area contributed by atoms with Crippen molar-refractivity contribution in [1.29, 1.82) is 0 Å². The van der Waals surface area contributed by atoms with Gasteiger partial charge in [0.25, 0.3) is 5.91 Å². The Morgan fingerprint density at radius 2 is 1.64 bits per heavy atom. The average Bonchev–Trinajstić information content (AvgIpc) is 3.35. The molecule has 2 aromatic heterocycles. The Balaban J connectivity index is 1.27. The van der Waals surface area contributed by atoms with Gasteiger partial charge >= 0.3 is 0 Å². The summed E-state index contributed by atoms with van der Waals surface area (Å²) in [5.41, 5.74) is 6.19. The van der Waals surface area contributed by atoms with Crippen LogP contribution in [0.5, 0.6) is 0 Å². The predicted molar refractivity (Wildman–Crippen MR) is 127 cm³/mol. The molecule has 2 heterocycles. The summed E-state index contributed by atoms with van der Waals surface area (Å²) in [6, 6.07) is 23.6. The van der Waals surface area contributed by atoms with Gasteiger partial charge in [0.15, 0.2) is 0 Å². The smallest absolute Gasteiger partial charge is 0.271 e. The number of amides is 1. The Labute approximate surface area is 193 Å². The first kappa shape index (κ1) is 20.5. The Bertz CT molecular complexity index is 1460. The normalized spacial score (nSPS) is 11.2. The molecule has 0 radical (unpaired) electrons. The van der Waals surface area contributed by atoms with E-state index in [9.17, 15) is 4.79 Å². The minimum Gasteiger partial charge on any atom is -0.416 e. The van der Waals surface area contributed by atoms with E-state index in [1.165, 1.54) is 0 Å². The van der Waals surface area contributed by atoms with E-state index in [-0.39, 0.29) is 5.91 Å². The van der Waals surface area contributed by atoms with Crippen molar-refractivity contribution in [2.75, 3.05) is 0 Å². The topological polar surface area (TPSA) is 93.3 Å². The van der Waals surface area contributed by atoms with Gasteiger partial charge in [-0.25, -0.2) is 5.43 Å². The van der Waals surface area contributed by atoms with Gasteiger partial charge in [0.2, 0.25) is 11.8 Å². The van der Waals surface area contributed by atoms with E-state index in [1.807, 2.05) is 30.3 Å². The van der Waals surface area contributed by atoms with Crippen LogP contribution in [0.1, 0.15) is 15.9 Å². The second-order valence-corrected chi connectivity index (χ2v) is 7.59. The van der Waals surface area contributed by atoms with E-state index < -0.39 is 0 Å². The Kier molecular flexibility index (Phi) is 5.61. The molecule has 5 aromatic rings. The fourth-order valence-electron chi connectivity index (χ4n) is 3.21. The summed E-state index contributed by atoms with van der Waals surface area (Å²) >= 11 is 5.86. The third-order valence-electron chi connectivity index (χ3n) is 4.92. The first-order chi connectivity index (χ1) is 16.2. The average molecular weight is 454 g/mol. The molecule has 1 N–H and O–H groups in total. The Hall–Kier alpha value is -4.36. The standard InChI is InChI=1S/C25H16ClN5O2/c26-21-10-3-16(4-11-21)15-28-29-23(32)17-5-7-18(8-6-17)24-30-31-25(33-24)20-9-12-22-19(14-20)2-1-13-27-22/h1-15H,(H,29,32)/b28-15+. The number of carbonyl (C=O) groups excluding carboxylic acids is 1. The summed E-state index contributed by atoms with van der Waals surface area (Å²) in [6.07, 6.45) is 3.30. The van der Waals surface area contributed by atoms with Crippen LogP contribution in [0.2, 0.25) is 5.02 Å². The number of hydrazone groups is 1. The van der Waals surface area contributed by atoms with Crippen molar-refractivity contribution in [3.05, 3.63) is 101 Å². The van der Waals surface area contributed by atoms with E-state index in [2.05, 4.69) is 25.7 Å². The van der Waals surface area contributed by atoms with Crippen LogP contribution in [0.25, 0.3) is 33.8 Å². The van der Waals surface area contributed by atoms with Crippen LogP contribution in [0.4, 0.5) is 0 Å². The number of benzene rings is 3. The zero-order chi connectivity index (χ0) is 22.6. The lowest BCUT2D eigenvalue weighted by Gasteiger charge is -2.01. The summed E-state index contributed by atoms with van der Waals surface area (Å²) in [6.45, 7) is 0. The number of pyridine rings is 1. The van der Waals surface area contributed by atoms with Crippen LogP contribution in [0.15, 0.2) is 94.6 Å². The molecule has 0 fully saturated rings. The first-order valence-corrected chi connectivity index (χ1v) is 10.4. The summed E-state index contributed by atoms with van der Waals surface area (Å²) in [5, 5.41) is 13.9. The zero-order valence-corrected chi connectivity index (χ0v) is 17.9. The fourth-order valence-corrected chi connectivity index (χ4v) is 3.33. The maximum Gasteiger partial charge on any atom is 0.271 e. The molecule has 8 heteroatoms. The third kappa shape index (κ3) is 4.63. The SMILES string of the molecule is O=C(N/N=C/c1ccc(Cl)cc1)c1ccc(-c2nnc(-c3ccc4ncccc4c3)o2)cc1. The van der Waals surface area contributed by atoms with E-state index in [4.69, 9.17) is 16.0 Å². The number of hydrogen-bond acceptors (Lipinski definition) is 6. The minimum atomic E-state index is -0.331. The molecule has 0 aliphatic heterocycles. The fraction of sp³-hybridized carbons (Fsp3) is 0. The van der Waals surface area contributed by atoms with Crippen LogP contribution >= 0.6 is 11.6 Å². The highest BCUT2D eigenvalue weighted by Gasteiger charge is 2.12. The number of aromatic nitrogens is 3. The number of nitrogens with zero attached hydrogens (tertiary/aromatic N) is 4. The van der Waals surface area contributed by atoms with Gasteiger partial charge < -0.3 is 4.42 Å². The van der Waals surface area contributed by atoms with E-state index in [0.29, 0.717) is 27.9 Å². The Morgan fingerprint density at radius 3 is 2.42 bits per heavy atom. The maximum absolute atomic E-state index is 12.3. The molecular formula is C25H16ClN5O2. The van der Waals surface area contributed by atoms with E-state index >= 15 is 0 Å². The lowest BCUT2D eigenvalue weighted by atomic mass is 10.1. The molecule has 0 atom stereocenters. The van der Waals surface area contributed by atoms with Crippen LogP contribution < -0.4 is 5.43 Å². The van der Waals surface area contributed by atoms with Crippen molar-refractivity contribution in [2.45, 2.75) is 0 Å². The summed E-state index contributed by atoms with van der Waals surface area (Å²) in [7, 11) is 0. The van der Waals surface area contributed by atoms with Crippen molar-refractivity contribution in [3.63, 3.8) is 0 Å². The van der Waals surface area contributed by atoms with E-state index in [0.717, 1.165) is 22.0 Å². The molecule has 0 spiro atoms. The molecule has 0 bridgehead atoms. The van der Waals surface area contributed by atoms with Gasteiger partial charge in [-0.05, 0) is 66.2 Å². The van der Waals surface area contributed by atoms with Crippen LogP contribution in [-0.4, -0.2) is 27.3 Å². The number of fused-ring (bicyclic) bond motifs is 1. The van der Waals surface area contributed by atoms with Crippen molar-refractivity contribution >= 4 is 34.6 Å². The van der Waals surface area contributed by atoms with Crippen molar-refractivity contribution < 1.29 is 9.21 Å². The lowest BCUT2D eigenvalue weighted by Crippen LogP contribution is -2.17. The highest BCUT2D eigenvalue weighted by Crippen LogP contribution is 2.26. The second-order valence-electron chi connectivity index (χ2n) is 7.15. The summed E-state index contributed by atoms with van der Waals surface area (Å²) in [5.74, 6) is 0.445. The van der Waals surface area contributed by atoms with Gasteiger partial charge in [0.1, 0.15) is 0 Å². The summed E-state index contributed by atoms with van der Waals surface area (Å²) < 4.78 is 5.85. The van der Waals surface area contributed by atoms with Gasteiger partial charge in [-0.3, -0.25) is 9.78 Å². The van der Waals surface area contributed by atoms with Crippen molar-refractivity contribution in [2.24, 2.45) is 5.10 Å². The van der Waals surface area contributed by atoms with E-state index in [1.54, 1.807) is 60.9 Å². The molecular weight excluding hydrogens is 438 g/mol. The number of nitrogens with one attached hydrogen (secondary N) is 1. The third-order valence-corrected chi connectivity index (χ3v) is 5.17. The number of halogens is 1. The largest absolute Gasteiger partial charge is 0.416 e. The zero-order valence-electron chi connectivity index (χ0n) is 17.1. The highest BCUT2D eigenvalue weighted by molar-refractivity contribution is 6.30. The predicted octanol–water partition coefficient (Wildman–Crippen LogP) is 5.37. The maximum atomic E-state index is 12.3. The molecule has 3 aromatic carbocycles.